The molecular weight excluding hydrogens is 208 g/mol. The molecule has 0 fully saturated rings. The third-order valence-electron chi connectivity index (χ3n) is 1.12. The van der Waals surface area contributed by atoms with Gasteiger partial charge in [-0.2, -0.15) is 5.26 Å². The van der Waals surface area contributed by atoms with Gasteiger partial charge in [0.2, 0.25) is 0 Å². The van der Waals surface area contributed by atoms with Crippen molar-refractivity contribution in [3.05, 3.63) is 15.5 Å². The summed E-state index contributed by atoms with van der Waals surface area (Å²) in [5.74, 6) is 0. The fourth-order valence-corrected chi connectivity index (χ4v) is 1.71. The normalized spacial score (nSPS) is 8.15. The number of carbonyl (C=O) groups excluding carboxylic acids is 1. The van der Waals surface area contributed by atoms with E-state index < -0.39 is 0 Å². The molecule has 0 spiro atoms. The summed E-state index contributed by atoms with van der Waals surface area (Å²) in [7, 11) is 0. The Bertz CT molecular complexity index is 341. The second kappa shape index (κ2) is 5.57. The van der Waals surface area contributed by atoms with Crippen LogP contribution in [0.25, 0.3) is 0 Å². The number of halogens is 1. The molecule has 1 aromatic heterocycles. The van der Waals surface area contributed by atoms with Gasteiger partial charge >= 0.3 is 0 Å². The Morgan fingerprint density at radius 1 is 1.62 bits per heavy atom. The first-order chi connectivity index (χ1) is 6.20. The lowest BCUT2D eigenvalue weighted by Gasteiger charge is -1.82. The van der Waals surface area contributed by atoms with E-state index in [2.05, 4.69) is 0 Å². The van der Waals surface area contributed by atoms with Crippen LogP contribution in [-0.2, 0) is 0 Å². The van der Waals surface area contributed by atoms with Crippen molar-refractivity contribution >= 4 is 34.2 Å². The van der Waals surface area contributed by atoms with Crippen LogP contribution in [0.15, 0.2) is 0 Å². The number of nitriles is 1. The minimum absolute atomic E-state index is 0.157. The minimum Gasteiger partial charge on any atom is -0.389 e. The Morgan fingerprint density at radius 3 is 2.38 bits per heavy atom. The minimum atomic E-state index is 0.157. The van der Waals surface area contributed by atoms with Crippen LogP contribution in [0.4, 0.5) is 5.00 Å². The maximum atomic E-state index is 10.3. The third kappa shape index (κ3) is 2.44. The van der Waals surface area contributed by atoms with Crippen molar-refractivity contribution in [2.45, 2.75) is 13.8 Å². The first-order valence-corrected chi connectivity index (χ1v) is 4.83. The number of nitrogens with two attached hydrogens (primary N) is 1. The average molecular weight is 217 g/mol. The van der Waals surface area contributed by atoms with E-state index in [1.807, 2.05) is 19.9 Å². The Hall–Kier alpha value is -1.05. The van der Waals surface area contributed by atoms with E-state index >= 15 is 0 Å². The van der Waals surface area contributed by atoms with Gasteiger partial charge in [0, 0.05) is 0 Å². The molecule has 0 saturated heterocycles. The van der Waals surface area contributed by atoms with Crippen molar-refractivity contribution < 1.29 is 4.79 Å². The highest BCUT2D eigenvalue weighted by Gasteiger charge is 2.12. The van der Waals surface area contributed by atoms with E-state index in [9.17, 15) is 4.79 Å². The van der Waals surface area contributed by atoms with E-state index in [1.54, 1.807) is 0 Å². The molecule has 0 aliphatic heterocycles. The predicted octanol–water partition coefficient (Wildman–Crippen LogP) is 2.69. The molecule has 0 aliphatic carbocycles. The molecule has 1 aromatic rings. The monoisotopic (exact) mass is 216 g/mol. The molecule has 5 heteroatoms. The lowest BCUT2D eigenvalue weighted by molar-refractivity contribution is 0.112. The van der Waals surface area contributed by atoms with Crippen LogP contribution in [0.5, 0.6) is 0 Å². The zero-order valence-electron chi connectivity index (χ0n) is 7.30. The molecule has 0 aromatic carbocycles. The number of hydrogen-bond acceptors (Lipinski definition) is 4. The molecule has 13 heavy (non-hydrogen) atoms. The summed E-state index contributed by atoms with van der Waals surface area (Å²) < 4.78 is 0. The topological polar surface area (TPSA) is 66.9 Å². The van der Waals surface area contributed by atoms with E-state index in [0.29, 0.717) is 16.2 Å². The van der Waals surface area contributed by atoms with E-state index in [4.69, 9.17) is 22.6 Å². The Labute approximate surface area is 85.7 Å². The van der Waals surface area contributed by atoms with E-state index in [-0.39, 0.29) is 10.6 Å². The van der Waals surface area contributed by atoms with Gasteiger partial charge in [0.05, 0.1) is 9.90 Å². The van der Waals surface area contributed by atoms with Crippen molar-refractivity contribution in [2.24, 2.45) is 0 Å². The number of rotatable bonds is 1. The number of hydrogen-bond donors (Lipinski definition) is 1. The SMILES string of the molecule is CC.N#Cc1c(N)sc(C=O)c1Cl. The van der Waals surface area contributed by atoms with Crippen LogP contribution in [0, 0.1) is 11.3 Å². The maximum absolute atomic E-state index is 10.3. The molecule has 1 rings (SSSR count). The fraction of sp³-hybridized carbons (Fsp3) is 0.250. The zero-order valence-corrected chi connectivity index (χ0v) is 8.87. The molecule has 3 nitrogen and oxygen atoms in total. The summed E-state index contributed by atoms with van der Waals surface area (Å²) in [5.41, 5.74) is 5.57. The van der Waals surface area contributed by atoms with Crippen molar-refractivity contribution in [1.82, 2.24) is 0 Å². The first-order valence-electron chi connectivity index (χ1n) is 3.63. The molecule has 0 aliphatic rings. The summed E-state index contributed by atoms with van der Waals surface area (Å²) >= 11 is 6.63. The number of thiophene rings is 1. The second-order valence-corrected chi connectivity index (χ2v) is 3.21. The number of aldehydes is 1. The maximum Gasteiger partial charge on any atom is 0.161 e. The highest BCUT2D eigenvalue weighted by atomic mass is 35.5. The predicted molar refractivity (Wildman–Crippen MR) is 55.2 cm³/mol. The van der Waals surface area contributed by atoms with Gasteiger partial charge < -0.3 is 5.73 Å². The summed E-state index contributed by atoms with van der Waals surface area (Å²) in [6.07, 6.45) is 0.587. The van der Waals surface area contributed by atoms with Crippen LogP contribution < -0.4 is 5.73 Å². The van der Waals surface area contributed by atoms with E-state index in [0.717, 1.165) is 11.3 Å². The summed E-state index contributed by atoms with van der Waals surface area (Å²) in [5, 5.41) is 8.93. The number of anilines is 1. The van der Waals surface area contributed by atoms with E-state index in [1.165, 1.54) is 0 Å². The molecule has 0 saturated carbocycles. The van der Waals surface area contributed by atoms with Crippen LogP contribution in [-0.4, -0.2) is 6.29 Å². The quantitative estimate of drug-likeness (QED) is 0.734. The van der Waals surface area contributed by atoms with Crippen LogP contribution >= 0.6 is 22.9 Å². The molecule has 0 atom stereocenters. The zero-order chi connectivity index (χ0) is 10.4. The first kappa shape index (κ1) is 11.9. The highest BCUT2D eigenvalue weighted by molar-refractivity contribution is 7.18. The summed E-state index contributed by atoms with van der Waals surface area (Å²) in [6, 6.07) is 1.81. The number of nitrogens with zero attached hydrogens (tertiary/aromatic N) is 1. The average Bonchev–Trinajstić information content (AvgIpc) is 2.44. The Kier molecular flexibility index (Phi) is 5.12. The second-order valence-electron chi connectivity index (χ2n) is 1.75. The van der Waals surface area contributed by atoms with Gasteiger partial charge in [-0.15, -0.1) is 11.3 Å². The Balaban J connectivity index is 0.000000671. The van der Waals surface area contributed by atoms with Gasteiger partial charge in [0.15, 0.2) is 6.29 Å². The molecule has 70 valence electrons. The molecule has 0 radical (unpaired) electrons. The largest absolute Gasteiger partial charge is 0.389 e. The summed E-state index contributed by atoms with van der Waals surface area (Å²) in [4.78, 5) is 10.6. The van der Waals surface area contributed by atoms with Gasteiger partial charge in [0.1, 0.15) is 16.6 Å². The molecule has 0 bridgehead atoms. The smallest absolute Gasteiger partial charge is 0.161 e. The van der Waals surface area contributed by atoms with Gasteiger partial charge in [-0.05, 0) is 0 Å². The van der Waals surface area contributed by atoms with Gasteiger partial charge in [0.25, 0.3) is 0 Å². The van der Waals surface area contributed by atoms with Crippen LogP contribution in [0.1, 0.15) is 29.1 Å². The molecule has 2 N–H and O–H groups in total. The molecule has 0 amide bonds. The highest BCUT2D eigenvalue weighted by Crippen LogP contribution is 2.32. The van der Waals surface area contributed by atoms with Gasteiger partial charge in [-0.3, -0.25) is 4.79 Å². The standard InChI is InChI=1S/C6H3ClN2OS.C2H6/c7-5-3(1-8)6(9)11-4(5)2-10;1-2/h2H,9H2;1-2H3. The molecule has 1 heterocycles. The fourth-order valence-electron chi connectivity index (χ4n) is 0.626. The number of nitrogen functional groups attached to an aromatic ring is 1. The lowest BCUT2D eigenvalue weighted by atomic mass is 10.3. The van der Waals surface area contributed by atoms with Gasteiger partial charge in [-0.1, -0.05) is 25.4 Å². The lowest BCUT2D eigenvalue weighted by Crippen LogP contribution is -1.81. The van der Waals surface area contributed by atoms with Gasteiger partial charge in [-0.25, -0.2) is 0 Å². The third-order valence-corrected chi connectivity index (χ3v) is 2.57. The van der Waals surface area contributed by atoms with Crippen molar-refractivity contribution in [1.29, 1.82) is 5.26 Å². The molecule has 0 unspecified atom stereocenters. The Morgan fingerprint density at radius 2 is 2.15 bits per heavy atom. The van der Waals surface area contributed by atoms with Crippen molar-refractivity contribution in [2.75, 3.05) is 5.73 Å². The number of carbonyl (C=O) groups is 1. The van der Waals surface area contributed by atoms with Crippen molar-refractivity contribution in [3.8, 4) is 6.07 Å². The van der Waals surface area contributed by atoms with Crippen LogP contribution in [0.2, 0.25) is 5.02 Å². The van der Waals surface area contributed by atoms with Crippen molar-refractivity contribution in [3.63, 3.8) is 0 Å². The molecular formula is C8H9ClN2OS. The van der Waals surface area contributed by atoms with Crippen LogP contribution in [0.3, 0.4) is 0 Å². The summed E-state index contributed by atoms with van der Waals surface area (Å²) in [6.45, 7) is 4.00.